The topological polar surface area (TPSA) is 48.4 Å². The van der Waals surface area contributed by atoms with E-state index in [1.54, 1.807) is 27.7 Å². The molecule has 0 bridgehead atoms. The maximum atomic E-state index is 12.6. The highest BCUT2D eigenvalue weighted by Crippen LogP contribution is 2.29. The van der Waals surface area contributed by atoms with Crippen LogP contribution in [0.2, 0.25) is 0 Å². The van der Waals surface area contributed by atoms with Crippen LogP contribution in [0.5, 0.6) is 5.88 Å². The molecule has 4 nitrogen and oxygen atoms in total. The summed E-state index contributed by atoms with van der Waals surface area (Å²) in [5.41, 5.74) is -1.06. The summed E-state index contributed by atoms with van der Waals surface area (Å²) in [7, 11) is 0. The molecule has 128 valence electrons. The Labute approximate surface area is 133 Å². The second kappa shape index (κ2) is 7.48. The predicted octanol–water partition coefficient (Wildman–Crippen LogP) is 4.08. The van der Waals surface area contributed by atoms with Crippen molar-refractivity contribution in [2.45, 2.75) is 45.9 Å². The minimum absolute atomic E-state index is 0.0644. The zero-order chi connectivity index (χ0) is 17.7. The molecule has 7 heteroatoms. The summed E-state index contributed by atoms with van der Waals surface area (Å²) in [5.74, 6) is -0.545. The molecule has 0 saturated heterocycles. The van der Waals surface area contributed by atoms with Crippen molar-refractivity contribution in [1.82, 2.24) is 4.98 Å². The molecular formula is C16H20F3NO3. The highest BCUT2D eigenvalue weighted by atomic mass is 19.4. The van der Waals surface area contributed by atoms with Crippen LogP contribution in [0.15, 0.2) is 24.3 Å². The number of rotatable bonds is 5. The number of nitrogens with zero attached hydrogens (tertiary/aromatic N) is 1. The fourth-order valence-electron chi connectivity index (χ4n) is 1.55. The lowest BCUT2D eigenvalue weighted by molar-refractivity contribution is -0.148. The van der Waals surface area contributed by atoms with Crippen molar-refractivity contribution in [3.8, 4) is 5.88 Å². The largest absolute Gasteiger partial charge is 0.477 e. The molecule has 1 rings (SSSR count). The summed E-state index contributed by atoms with van der Waals surface area (Å²) in [4.78, 5) is 14.9. The number of hydrogen-bond acceptors (Lipinski definition) is 4. The van der Waals surface area contributed by atoms with Crippen LogP contribution in [0.3, 0.4) is 0 Å². The van der Waals surface area contributed by atoms with Gasteiger partial charge in [0, 0.05) is 18.1 Å². The number of esters is 1. The smallest absolute Gasteiger partial charge is 0.433 e. The third kappa shape index (κ3) is 7.17. The number of alkyl halides is 3. The van der Waals surface area contributed by atoms with Crippen LogP contribution in [0.4, 0.5) is 13.2 Å². The van der Waals surface area contributed by atoms with Crippen molar-refractivity contribution in [3.05, 3.63) is 35.5 Å². The van der Waals surface area contributed by atoms with Crippen LogP contribution in [0.1, 0.15) is 38.4 Å². The number of aryl methyl sites for hydroxylation is 1. The molecule has 1 heterocycles. The molecule has 1 aromatic heterocycles. The normalized spacial score (nSPS) is 12.5. The summed E-state index contributed by atoms with van der Waals surface area (Å²) in [6.45, 7) is 6.98. The van der Waals surface area contributed by atoms with Gasteiger partial charge in [0.15, 0.2) is 0 Å². The van der Waals surface area contributed by atoms with Gasteiger partial charge in [-0.1, -0.05) is 12.1 Å². The van der Waals surface area contributed by atoms with Crippen molar-refractivity contribution in [3.63, 3.8) is 0 Å². The zero-order valence-electron chi connectivity index (χ0n) is 13.5. The van der Waals surface area contributed by atoms with Crippen LogP contribution >= 0.6 is 0 Å². The molecule has 0 N–H and O–H groups in total. The average Bonchev–Trinajstić information content (AvgIpc) is 2.36. The number of hydrogen-bond donors (Lipinski definition) is 0. The molecule has 0 atom stereocenters. The van der Waals surface area contributed by atoms with Gasteiger partial charge in [0.25, 0.3) is 0 Å². The first-order valence-corrected chi connectivity index (χ1v) is 7.06. The van der Waals surface area contributed by atoms with E-state index in [1.165, 1.54) is 18.2 Å². The van der Waals surface area contributed by atoms with Gasteiger partial charge in [0.2, 0.25) is 5.88 Å². The van der Waals surface area contributed by atoms with E-state index in [2.05, 4.69) is 4.98 Å². The minimum Gasteiger partial charge on any atom is -0.477 e. The van der Waals surface area contributed by atoms with E-state index >= 15 is 0 Å². The Morgan fingerprint density at radius 3 is 2.48 bits per heavy atom. The van der Waals surface area contributed by atoms with Crippen molar-refractivity contribution in [2.75, 3.05) is 6.61 Å². The predicted molar refractivity (Wildman–Crippen MR) is 79.1 cm³/mol. The van der Waals surface area contributed by atoms with Gasteiger partial charge < -0.3 is 9.47 Å². The van der Waals surface area contributed by atoms with Gasteiger partial charge in [-0.3, -0.25) is 0 Å². The molecule has 0 amide bonds. The van der Waals surface area contributed by atoms with E-state index in [4.69, 9.17) is 9.47 Å². The van der Waals surface area contributed by atoms with Crippen molar-refractivity contribution < 1.29 is 27.4 Å². The molecule has 0 aromatic carbocycles. The SMILES string of the molecule is Cc1ccc(C(F)(F)F)nc1OCC/C=C/C(=O)OC(C)(C)C. The van der Waals surface area contributed by atoms with E-state index in [9.17, 15) is 18.0 Å². The lowest BCUT2D eigenvalue weighted by Crippen LogP contribution is -2.22. The number of carbonyl (C=O) groups excluding carboxylic acids is 1. The first kappa shape index (κ1) is 19.0. The summed E-state index contributed by atoms with van der Waals surface area (Å²) in [6.07, 6.45) is -1.36. The Balaban J connectivity index is 2.52. The maximum Gasteiger partial charge on any atom is 0.433 e. The first-order valence-electron chi connectivity index (χ1n) is 7.06. The Morgan fingerprint density at radius 1 is 1.26 bits per heavy atom. The van der Waals surface area contributed by atoms with E-state index in [0.717, 1.165) is 6.07 Å². The molecule has 23 heavy (non-hydrogen) atoms. The van der Waals surface area contributed by atoms with Crippen molar-refractivity contribution in [1.29, 1.82) is 0 Å². The summed E-state index contributed by atoms with van der Waals surface area (Å²) < 4.78 is 48.1. The van der Waals surface area contributed by atoms with Gasteiger partial charge in [-0.2, -0.15) is 13.2 Å². The third-order valence-electron chi connectivity index (χ3n) is 2.52. The molecule has 0 radical (unpaired) electrons. The number of pyridine rings is 1. The quantitative estimate of drug-likeness (QED) is 0.463. The molecule has 0 saturated carbocycles. The molecule has 0 spiro atoms. The highest BCUT2D eigenvalue weighted by molar-refractivity contribution is 5.82. The number of carbonyl (C=O) groups is 1. The molecule has 0 fully saturated rings. The minimum atomic E-state index is -4.51. The molecular weight excluding hydrogens is 311 g/mol. The molecule has 0 aliphatic heterocycles. The van der Waals surface area contributed by atoms with E-state index in [-0.39, 0.29) is 12.5 Å². The zero-order valence-corrected chi connectivity index (χ0v) is 13.5. The van der Waals surface area contributed by atoms with Crippen LogP contribution < -0.4 is 4.74 Å². The van der Waals surface area contributed by atoms with Gasteiger partial charge in [0.05, 0.1) is 6.61 Å². The second-order valence-corrected chi connectivity index (χ2v) is 5.89. The lowest BCUT2D eigenvalue weighted by atomic mass is 10.2. The third-order valence-corrected chi connectivity index (χ3v) is 2.52. The molecule has 0 aliphatic rings. The van der Waals surface area contributed by atoms with Crippen molar-refractivity contribution >= 4 is 5.97 Å². The van der Waals surface area contributed by atoms with Gasteiger partial charge in [-0.25, -0.2) is 9.78 Å². The number of halogens is 3. The van der Waals surface area contributed by atoms with Crippen LogP contribution in [0.25, 0.3) is 0 Å². The Hall–Kier alpha value is -2.05. The Bertz CT molecular complexity index is 575. The summed E-state index contributed by atoms with van der Waals surface area (Å²) >= 11 is 0. The van der Waals surface area contributed by atoms with Crippen molar-refractivity contribution in [2.24, 2.45) is 0 Å². The number of aromatic nitrogens is 1. The van der Waals surface area contributed by atoms with E-state index in [1.807, 2.05) is 0 Å². The second-order valence-electron chi connectivity index (χ2n) is 5.89. The monoisotopic (exact) mass is 331 g/mol. The summed E-state index contributed by atoms with van der Waals surface area (Å²) in [6, 6.07) is 2.21. The lowest BCUT2D eigenvalue weighted by Gasteiger charge is -2.17. The van der Waals surface area contributed by atoms with Crippen LogP contribution in [-0.4, -0.2) is 23.2 Å². The summed E-state index contributed by atoms with van der Waals surface area (Å²) in [5, 5.41) is 0. The number of ether oxygens (including phenoxy) is 2. The standard InChI is InChI=1S/C16H20F3NO3/c1-11-8-9-12(16(17,18)19)20-14(11)22-10-6-5-7-13(21)23-15(2,3)4/h5,7-9H,6,10H2,1-4H3/b7-5+. The Kier molecular flexibility index (Phi) is 6.18. The van der Waals surface area contributed by atoms with E-state index in [0.29, 0.717) is 12.0 Å². The fourth-order valence-corrected chi connectivity index (χ4v) is 1.55. The van der Waals surface area contributed by atoms with Crippen LogP contribution in [0, 0.1) is 6.92 Å². The van der Waals surface area contributed by atoms with Gasteiger partial charge >= 0.3 is 12.1 Å². The van der Waals surface area contributed by atoms with Gasteiger partial charge in [-0.15, -0.1) is 0 Å². The van der Waals surface area contributed by atoms with Gasteiger partial charge in [0.1, 0.15) is 11.3 Å². The average molecular weight is 331 g/mol. The molecule has 1 aromatic rings. The maximum absolute atomic E-state index is 12.6. The highest BCUT2D eigenvalue weighted by Gasteiger charge is 2.33. The fraction of sp³-hybridized carbons (Fsp3) is 0.500. The van der Waals surface area contributed by atoms with Crippen LogP contribution in [-0.2, 0) is 15.7 Å². The Morgan fingerprint density at radius 2 is 1.91 bits per heavy atom. The van der Waals surface area contributed by atoms with Gasteiger partial charge in [-0.05, 0) is 33.8 Å². The molecule has 0 aliphatic carbocycles. The van der Waals surface area contributed by atoms with E-state index < -0.39 is 23.4 Å². The molecule has 0 unspecified atom stereocenters. The first-order chi connectivity index (χ1) is 10.5.